The van der Waals surface area contributed by atoms with Crippen molar-refractivity contribution in [1.82, 2.24) is 15.2 Å². The topological polar surface area (TPSA) is 50.7 Å². The summed E-state index contributed by atoms with van der Waals surface area (Å²) in [6.07, 6.45) is -4.38. The maximum atomic E-state index is 12.4. The van der Waals surface area contributed by atoms with E-state index in [9.17, 15) is 13.2 Å². The molecule has 2 rings (SSSR count). The molecule has 1 aromatic heterocycles. The Kier molecular flexibility index (Phi) is 3.77. The highest BCUT2D eigenvalue weighted by atomic mass is 35.5. The first-order valence-electron chi connectivity index (χ1n) is 4.86. The summed E-state index contributed by atoms with van der Waals surface area (Å²) in [5.74, 6) is 0.112. The summed E-state index contributed by atoms with van der Waals surface area (Å²) in [5, 5.41) is 9.45. The second-order valence-electron chi connectivity index (χ2n) is 3.42. The number of hydrogen-bond donors (Lipinski definition) is 1. The van der Waals surface area contributed by atoms with Gasteiger partial charge in [0.2, 0.25) is 5.28 Å². The van der Waals surface area contributed by atoms with Crippen LogP contribution < -0.4 is 5.32 Å². The van der Waals surface area contributed by atoms with Crippen molar-refractivity contribution in [2.45, 2.75) is 6.18 Å². The standard InChI is InChI=1S/C10H5Cl2F3N4/c11-7-8(17-9(12)19-18-7)16-6-3-1-5(2-4-6)10(13,14)15/h1-4H,(H,16,17,19). The minimum atomic E-state index is -4.38. The van der Waals surface area contributed by atoms with Gasteiger partial charge in [0.15, 0.2) is 11.0 Å². The molecule has 100 valence electrons. The van der Waals surface area contributed by atoms with E-state index in [1.165, 1.54) is 12.1 Å². The first-order chi connectivity index (χ1) is 8.86. The van der Waals surface area contributed by atoms with Crippen LogP contribution in [0.2, 0.25) is 10.4 Å². The number of nitrogens with zero attached hydrogens (tertiary/aromatic N) is 3. The van der Waals surface area contributed by atoms with Gasteiger partial charge in [-0.1, -0.05) is 11.6 Å². The molecule has 0 aliphatic rings. The highest BCUT2D eigenvalue weighted by Gasteiger charge is 2.29. The van der Waals surface area contributed by atoms with E-state index in [-0.39, 0.29) is 16.3 Å². The summed E-state index contributed by atoms with van der Waals surface area (Å²) in [6, 6.07) is 4.36. The Labute approximate surface area is 115 Å². The molecule has 0 atom stereocenters. The second kappa shape index (κ2) is 5.18. The predicted molar refractivity (Wildman–Crippen MR) is 64.6 cm³/mol. The van der Waals surface area contributed by atoms with Crippen molar-refractivity contribution < 1.29 is 13.2 Å². The summed E-state index contributed by atoms with van der Waals surface area (Å²) in [6.45, 7) is 0. The smallest absolute Gasteiger partial charge is 0.338 e. The molecule has 1 aromatic carbocycles. The normalized spacial score (nSPS) is 11.4. The summed E-state index contributed by atoms with van der Waals surface area (Å²) >= 11 is 11.2. The summed E-state index contributed by atoms with van der Waals surface area (Å²) in [5.41, 5.74) is -0.380. The van der Waals surface area contributed by atoms with E-state index in [4.69, 9.17) is 23.2 Å². The van der Waals surface area contributed by atoms with Crippen LogP contribution >= 0.6 is 23.2 Å². The number of rotatable bonds is 2. The zero-order valence-electron chi connectivity index (χ0n) is 9.04. The van der Waals surface area contributed by atoms with E-state index in [1.807, 2.05) is 0 Å². The van der Waals surface area contributed by atoms with Gasteiger partial charge in [-0.15, -0.1) is 10.2 Å². The second-order valence-corrected chi connectivity index (χ2v) is 4.12. The number of benzene rings is 1. The Bertz CT molecular complexity index is 586. The highest BCUT2D eigenvalue weighted by molar-refractivity contribution is 6.32. The molecule has 2 aromatic rings. The minimum absolute atomic E-state index is 0.0377. The van der Waals surface area contributed by atoms with Crippen LogP contribution in [-0.2, 0) is 6.18 Å². The molecule has 9 heteroatoms. The van der Waals surface area contributed by atoms with E-state index in [0.29, 0.717) is 5.69 Å². The van der Waals surface area contributed by atoms with Crippen LogP contribution in [-0.4, -0.2) is 15.2 Å². The van der Waals surface area contributed by atoms with Gasteiger partial charge in [0.25, 0.3) is 0 Å². The van der Waals surface area contributed by atoms with Crippen molar-refractivity contribution in [3.8, 4) is 0 Å². The van der Waals surface area contributed by atoms with E-state index in [1.54, 1.807) is 0 Å². The first kappa shape index (κ1) is 13.8. The Balaban J connectivity index is 2.22. The molecule has 0 amide bonds. The largest absolute Gasteiger partial charge is 0.416 e. The van der Waals surface area contributed by atoms with Crippen molar-refractivity contribution in [3.63, 3.8) is 0 Å². The Morgan fingerprint density at radius 3 is 2.21 bits per heavy atom. The monoisotopic (exact) mass is 308 g/mol. The first-order valence-corrected chi connectivity index (χ1v) is 5.62. The lowest BCUT2D eigenvalue weighted by Crippen LogP contribution is -2.05. The molecular formula is C10H5Cl2F3N4. The van der Waals surface area contributed by atoms with Gasteiger partial charge in [-0.25, -0.2) is 0 Å². The van der Waals surface area contributed by atoms with Crippen LogP contribution in [0.5, 0.6) is 0 Å². The van der Waals surface area contributed by atoms with Gasteiger partial charge in [0, 0.05) is 5.69 Å². The fourth-order valence-corrected chi connectivity index (χ4v) is 1.50. The van der Waals surface area contributed by atoms with Gasteiger partial charge in [0.1, 0.15) is 0 Å². The van der Waals surface area contributed by atoms with Crippen LogP contribution in [0.4, 0.5) is 24.7 Å². The maximum absolute atomic E-state index is 12.4. The number of alkyl halides is 3. The number of anilines is 2. The molecule has 0 unspecified atom stereocenters. The minimum Gasteiger partial charge on any atom is -0.338 e. The quantitative estimate of drug-likeness (QED) is 0.913. The molecule has 0 aliphatic heterocycles. The lowest BCUT2D eigenvalue weighted by atomic mass is 10.2. The average molecular weight is 309 g/mol. The number of nitrogens with one attached hydrogen (secondary N) is 1. The fourth-order valence-electron chi connectivity index (χ4n) is 1.25. The van der Waals surface area contributed by atoms with Crippen molar-refractivity contribution in [2.75, 3.05) is 5.32 Å². The third kappa shape index (κ3) is 3.45. The maximum Gasteiger partial charge on any atom is 0.416 e. The lowest BCUT2D eigenvalue weighted by molar-refractivity contribution is -0.137. The van der Waals surface area contributed by atoms with Gasteiger partial charge >= 0.3 is 6.18 Å². The van der Waals surface area contributed by atoms with Crippen molar-refractivity contribution in [2.24, 2.45) is 0 Å². The number of halogens is 5. The molecule has 0 spiro atoms. The molecule has 1 N–H and O–H groups in total. The molecule has 0 radical (unpaired) electrons. The van der Waals surface area contributed by atoms with Crippen LogP contribution in [0.25, 0.3) is 0 Å². The molecule has 1 heterocycles. The fraction of sp³-hybridized carbons (Fsp3) is 0.100. The zero-order valence-corrected chi connectivity index (χ0v) is 10.6. The molecule has 0 saturated carbocycles. The summed E-state index contributed by atoms with van der Waals surface area (Å²) < 4.78 is 37.1. The molecule has 0 fully saturated rings. The molecule has 4 nitrogen and oxygen atoms in total. The zero-order chi connectivity index (χ0) is 14.0. The van der Waals surface area contributed by atoms with Crippen molar-refractivity contribution in [1.29, 1.82) is 0 Å². The van der Waals surface area contributed by atoms with Gasteiger partial charge in [0.05, 0.1) is 5.56 Å². The Hall–Kier alpha value is -1.60. The highest BCUT2D eigenvalue weighted by Crippen LogP contribution is 2.30. The van der Waals surface area contributed by atoms with E-state index in [0.717, 1.165) is 12.1 Å². The molecule has 0 bridgehead atoms. The van der Waals surface area contributed by atoms with Crippen LogP contribution in [0.3, 0.4) is 0 Å². The number of aromatic nitrogens is 3. The van der Waals surface area contributed by atoms with E-state index in [2.05, 4.69) is 20.5 Å². The molecule has 0 aliphatic carbocycles. The van der Waals surface area contributed by atoms with Gasteiger partial charge in [-0.2, -0.15) is 18.2 Å². The van der Waals surface area contributed by atoms with Crippen molar-refractivity contribution >= 4 is 34.7 Å². The third-order valence-corrected chi connectivity index (χ3v) is 2.51. The number of hydrogen-bond acceptors (Lipinski definition) is 4. The SMILES string of the molecule is FC(F)(F)c1ccc(Nc2nc(Cl)nnc2Cl)cc1. The Morgan fingerprint density at radius 1 is 1.00 bits per heavy atom. The van der Waals surface area contributed by atoms with Crippen LogP contribution in [0.1, 0.15) is 5.56 Å². The molecule has 19 heavy (non-hydrogen) atoms. The van der Waals surface area contributed by atoms with Gasteiger partial charge in [-0.3, -0.25) is 0 Å². The molecule has 0 saturated heterocycles. The van der Waals surface area contributed by atoms with Crippen LogP contribution in [0, 0.1) is 0 Å². The van der Waals surface area contributed by atoms with Crippen LogP contribution in [0.15, 0.2) is 24.3 Å². The summed E-state index contributed by atoms with van der Waals surface area (Å²) in [7, 11) is 0. The van der Waals surface area contributed by atoms with Gasteiger partial charge in [-0.05, 0) is 35.9 Å². The summed E-state index contributed by atoms with van der Waals surface area (Å²) in [4.78, 5) is 3.77. The van der Waals surface area contributed by atoms with E-state index < -0.39 is 11.7 Å². The molecular weight excluding hydrogens is 304 g/mol. The van der Waals surface area contributed by atoms with E-state index >= 15 is 0 Å². The third-order valence-electron chi connectivity index (χ3n) is 2.09. The Morgan fingerprint density at radius 2 is 1.63 bits per heavy atom. The van der Waals surface area contributed by atoms with Gasteiger partial charge < -0.3 is 5.32 Å². The predicted octanol–water partition coefficient (Wildman–Crippen LogP) is 3.94. The average Bonchev–Trinajstić information content (AvgIpc) is 2.33. The lowest BCUT2D eigenvalue weighted by Gasteiger charge is -2.09. The van der Waals surface area contributed by atoms with Crippen molar-refractivity contribution in [3.05, 3.63) is 40.3 Å².